The summed E-state index contributed by atoms with van der Waals surface area (Å²) in [5, 5.41) is 38.9. The minimum atomic E-state index is -1.69. The van der Waals surface area contributed by atoms with E-state index in [2.05, 4.69) is 5.32 Å². The summed E-state index contributed by atoms with van der Waals surface area (Å²) in [6.07, 6.45) is -4.96. The van der Waals surface area contributed by atoms with Gasteiger partial charge in [-0.1, -0.05) is 62.4 Å². The van der Waals surface area contributed by atoms with E-state index in [1.165, 1.54) is 6.92 Å². The van der Waals surface area contributed by atoms with Crippen LogP contribution < -0.4 is 5.32 Å². The molecule has 1 amide bonds. The number of esters is 2. The molecule has 49 heavy (non-hydrogen) atoms. The van der Waals surface area contributed by atoms with Crippen molar-refractivity contribution >= 4 is 23.6 Å². The number of fused-ring (bicyclic) bond motifs is 5. The third-order valence-electron chi connectivity index (χ3n) is 11.8. The quantitative estimate of drug-likeness (QED) is 0.252. The summed E-state index contributed by atoms with van der Waals surface area (Å²) < 4.78 is 17.5. The summed E-state index contributed by atoms with van der Waals surface area (Å²) >= 11 is 0. The zero-order valence-corrected chi connectivity index (χ0v) is 28.5. The van der Waals surface area contributed by atoms with Gasteiger partial charge in [0.2, 0.25) is 0 Å². The highest BCUT2D eigenvalue weighted by molar-refractivity contribution is 5.95. The van der Waals surface area contributed by atoms with Crippen LogP contribution in [-0.4, -0.2) is 81.2 Å². The lowest BCUT2D eigenvalue weighted by molar-refractivity contribution is -0.324. The number of carbonyl (C=O) groups excluding carboxylic acids is 4. The van der Waals surface area contributed by atoms with E-state index in [0.29, 0.717) is 22.3 Å². The van der Waals surface area contributed by atoms with Gasteiger partial charge in [0.1, 0.15) is 11.7 Å². The molecule has 262 valence electrons. The monoisotopic (exact) mass is 675 g/mol. The van der Waals surface area contributed by atoms with E-state index in [1.54, 1.807) is 82.3 Å². The number of Topliss-reactive ketones (excluding diaryl/α,β-unsaturated/α-hetero) is 1. The number of nitrogens with one attached hydrogen (secondary N) is 1. The molecule has 2 aromatic rings. The minimum absolute atomic E-state index is 0.00547. The van der Waals surface area contributed by atoms with Gasteiger partial charge in [0.05, 0.1) is 42.3 Å². The lowest BCUT2D eigenvalue weighted by Gasteiger charge is -2.65. The molecule has 1 aliphatic heterocycles. The third-order valence-corrected chi connectivity index (χ3v) is 11.8. The largest absolute Gasteiger partial charge is 0.458 e. The second-order valence-electron chi connectivity index (χ2n) is 14.9. The first kappa shape index (κ1) is 34.9. The van der Waals surface area contributed by atoms with Gasteiger partial charge in [-0.05, 0) is 49.1 Å². The van der Waals surface area contributed by atoms with Crippen LogP contribution in [0.3, 0.4) is 0 Å². The van der Waals surface area contributed by atoms with Crippen LogP contribution in [0.2, 0.25) is 0 Å². The van der Waals surface area contributed by atoms with Gasteiger partial charge in [-0.25, -0.2) is 0 Å². The van der Waals surface area contributed by atoms with Crippen molar-refractivity contribution in [3.05, 3.63) is 82.9 Å². The number of carbonyl (C=O) groups is 4. The molecule has 3 aliphatic carbocycles. The summed E-state index contributed by atoms with van der Waals surface area (Å²) in [4.78, 5) is 54.1. The zero-order chi connectivity index (χ0) is 35.5. The Balaban J connectivity index is 1.36. The molecular formula is C38H45NO10. The first-order valence-electron chi connectivity index (χ1n) is 16.8. The van der Waals surface area contributed by atoms with Gasteiger partial charge < -0.3 is 34.8 Å². The number of benzene rings is 2. The van der Waals surface area contributed by atoms with Crippen LogP contribution in [0.25, 0.3) is 0 Å². The lowest BCUT2D eigenvalue weighted by Crippen LogP contribution is -2.76. The smallest absolute Gasteiger partial charge is 0.308 e. The van der Waals surface area contributed by atoms with Crippen LogP contribution in [0.1, 0.15) is 82.3 Å². The molecule has 3 fully saturated rings. The van der Waals surface area contributed by atoms with Gasteiger partial charge in [-0.2, -0.15) is 0 Å². The zero-order valence-electron chi connectivity index (χ0n) is 28.5. The van der Waals surface area contributed by atoms with Crippen LogP contribution >= 0.6 is 0 Å². The summed E-state index contributed by atoms with van der Waals surface area (Å²) in [7, 11) is 0. The van der Waals surface area contributed by atoms with Crippen LogP contribution in [0.5, 0.6) is 0 Å². The molecule has 1 heterocycles. The highest BCUT2D eigenvalue weighted by atomic mass is 16.6. The molecule has 0 radical (unpaired) electrons. The molecule has 9 atom stereocenters. The highest BCUT2D eigenvalue weighted by Crippen LogP contribution is 2.62. The SMILES string of the molecule is CC(=O)O[C@H]1C(=O)[C@@]2(C)[C@H](C[C@]3(O)C[C@H](OC(=O)C[C@@H](NC(=O)c4ccccc4)c4ccccc4)C(C)=C1C3(C)C)[C@]1(O)CO[C@@H]1C[C@@H]2O. The van der Waals surface area contributed by atoms with Gasteiger partial charge in [0.15, 0.2) is 11.9 Å². The summed E-state index contributed by atoms with van der Waals surface area (Å²) in [6.45, 7) is 7.84. The van der Waals surface area contributed by atoms with Gasteiger partial charge in [0.25, 0.3) is 5.91 Å². The van der Waals surface area contributed by atoms with Crippen molar-refractivity contribution < 1.29 is 48.7 Å². The van der Waals surface area contributed by atoms with Crippen molar-refractivity contribution in [2.24, 2.45) is 16.7 Å². The number of ether oxygens (including phenoxy) is 3. The van der Waals surface area contributed by atoms with Gasteiger partial charge in [0, 0.05) is 36.7 Å². The van der Waals surface area contributed by atoms with Crippen molar-refractivity contribution in [1.82, 2.24) is 5.32 Å². The van der Waals surface area contributed by atoms with Crippen LogP contribution in [0.15, 0.2) is 71.8 Å². The second-order valence-corrected chi connectivity index (χ2v) is 14.9. The van der Waals surface area contributed by atoms with Crippen LogP contribution in [-0.2, 0) is 28.6 Å². The Morgan fingerprint density at radius 3 is 2.20 bits per heavy atom. The Kier molecular flexibility index (Phi) is 8.88. The third kappa shape index (κ3) is 5.70. The van der Waals surface area contributed by atoms with Crippen molar-refractivity contribution in [3.8, 4) is 0 Å². The van der Waals surface area contributed by atoms with E-state index >= 15 is 0 Å². The number of aliphatic hydroxyl groups excluding tert-OH is 1. The van der Waals surface area contributed by atoms with Crippen molar-refractivity contribution in [2.75, 3.05) is 6.61 Å². The Labute approximate surface area is 285 Å². The van der Waals surface area contributed by atoms with Crippen molar-refractivity contribution in [2.45, 2.75) is 102 Å². The number of amides is 1. The molecule has 11 heteroatoms. The predicted octanol–water partition coefficient (Wildman–Crippen LogP) is 3.36. The van der Waals surface area contributed by atoms with Crippen molar-refractivity contribution in [3.63, 3.8) is 0 Å². The number of hydrogen-bond acceptors (Lipinski definition) is 10. The summed E-state index contributed by atoms with van der Waals surface area (Å²) in [5.74, 6) is -3.34. The maximum absolute atomic E-state index is 14.7. The van der Waals surface area contributed by atoms with Gasteiger partial charge in [-0.15, -0.1) is 0 Å². The van der Waals surface area contributed by atoms with Crippen LogP contribution in [0, 0.1) is 16.7 Å². The molecule has 1 saturated heterocycles. The average molecular weight is 676 g/mol. The Morgan fingerprint density at radius 1 is 0.980 bits per heavy atom. The Bertz CT molecular complexity index is 1670. The topological polar surface area (TPSA) is 169 Å². The van der Waals surface area contributed by atoms with Gasteiger partial charge in [-0.3, -0.25) is 19.2 Å². The molecule has 0 spiro atoms. The highest BCUT2D eigenvalue weighted by Gasteiger charge is 2.72. The number of hydrogen-bond donors (Lipinski definition) is 4. The molecule has 4 aliphatic rings. The molecule has 2 aromatic carbocycles. The molecule has 2 bridgehead atoms. The summed E-state index contributed by atoms with van der Waals surface area (Å²) in [5.41, 5.74) is -4.13. The Morgan fingerprint density at radius 2 is 1.61 bits per heavy atom. The average Bonchev–Trinajstić information content (AvgIpc) is 3.06. The molecule has 0 unspecified atom stereocenters. The summed E-state index contributed by atoms with van der Waals surface area (Å²) in [6, 6.07) is 16.9. The molecule has 11 nitrogen and oxygen atoms in total. The molecule has 0 aromatic heterocycles. The number of ketones is 1. The molecular weight excluding hydrogens is 630 g/mol. The second kappa shape index (κ2) is 12.5. The normalized spacial score (nSPS) is 35.3. The molecule has 2 saturated carbocycles. The van der Waals surface area contributed by atoms with E-state index in [-0.39, 0.29) is 38.2 Å². The van der Waals surface area contributed by atoms with Crippen LogP contribution in [0.4, 0.5) is 0 Å². The Hall–Kier alpha value is -3.90. The fourth-order valence-electron chi connectivity index (χ4n) is 8.70. The standard InChI is InChI=1S/C38H45NO10/c1-21-26(49-30(42)16-25(23-12-8-6-9-13-23)39-34(44)24-14-10-7-11-15-24)18-37(45)19-27-36(5,28(41)17-29-38(27,46)20-47-29)33(43)32(48-22(2)40)31(21)35(37,3)4/h6-15,25-29,32,41,45-46H,16-20H2,1-5H3,(H,39,44)/t25-,26+,27+,28+,29-,32-,36+,37-,38-/m1/s1. The van der Waals surface area contributed by atoms with E-state index < -0.39 is 76.1 Å². The fourth-order valence-corrected chi connectivity index (χ4v) is 8.70. The fraction of sp³-hybridized carbons (Fsp3) is 0.526. The first-order chi connectivity index (χ1) is 23.0. The first-order valence-corrected chi connectivity index (χ1v) is 16.8. The predicted molar refractivity (Wildman–Crippen MR) is 176 cm³/mol. The number of rotatable bonds is 7. The van der Waals surface area contributed by atoms with Crippen molar-refractivity contribution in [1.29, 1.82) is 0 Å². The van der Waals surface area contributed by atoms with E-state index in [1.807, 2.05) is 6.07 Å². The number of aliphatic hydroxyl groups is 3. The molecule has 4 N–H and O–H groups in total. The maximum atomic E-state index is 14.7. The van der Waals surface area contributed by atoms with Gasteiger partial charge >= 0.3 is 11.9 Å². The lowest BCUT2D eigenvalue weighted by atomic mass is 9.46. The van der Waals surface area contributed by atoms with E-state index in [4.69, 9.17) is 14.2 Å². The minimum Gasteiger partial charge on any atom is -0.458 e. The molecule has 6 rings (SSSR count). The van der Waals surface area contributed by atoms with E-state index in [9.17, 15) is 34.5 Å². The maximum Gasteiger partial charge on any atom is 0.308 e. The van der Waals surface area contributed by atoms with E-state index in [0.717, 1.165) is 0 Å².